The fraction of sp³-hybridized carbons (Fsp3) is 0.417. The molecule has 0 bridgehead atoms. The number of nitrogens with one attached hydrogen (secondary N) is 1. The zero-order valence-electron chi connectivity index (χ0n) is 11.1. The molecule has 108 valence electrons. The highest BCUT2D eigenvalue weighted by molar-refractivity contribution is 5.41. The zero-order valence-corrected chi connectivity index (χ0v) is 11.1. The summed E-state index contributed by atoms with van der Waals surface area (Å²) in [7, 11) is 1.69. The van der Waals surface area contributed by atoms with Gasteiger partial charge >= 0.3 is 6.18 Å². The highest BCUT2D eigenvalue weighted by Gasteiger charge is 2.33. The summed E-state index contributed by atoms with van der Waals surface area (Å²) in [6.07, 6.45) is -1.73. The largest absolute Gasteiger partial charge is 0.435 e. The maximum Gasteiger partial charge on any atom is 0.435 e. The van der Waals surface area contributed by atoms with E-state index in [2.05, 4.69) is 20.4 Å². The number of hydrogen-bond acceptors (Lipinski definition) is 4. The number of hydrogen-bond donors (Lipinski definition) is 1. The van der Waals surface area contributed by atoms with Crippen LogP contribution in [-0.4, -0.2) is 26.8 Å². The van der Waals surface area contributed by atoms with Gasteiger partial charge in [-0.1, -0.05) is 6.92 Å². The van der Waals surface area contributed by atoms with Gasteiger partial charge in [0.1, 0.15) is 11.6 Å². The van der Waals surface area contributed by atoms with Crippen molar-refractivity contribution in [3.63, 3.8) is 0 Å². The molecule has 0 spiro atoms. The van der Waals surface area contributed by atoms with Gasteiger partial charge in [0, 0.05) is 25.7 Å². The van der Waals surface area contributed by atoms with Gasteiger partial charge in [0.15, 0.2) is 11.5 Å². The standard InChI is InChI=1S/C12H14F3N5/c1-3-4-9-17-10(16-2)7-11(18-9)20-6-5-8(19-20)12(13,14)15/h5-7H,3-4H2,1-2H3,(H,16,17,18). The molecule has 0 fully saturated rings. The van der Waals surface area contributed by atoms with Gasteiger partial charge in [-0.3, -0.25) is 0 Å². The highest BCUT2D eigenvalue weighted by Crippen LogP contribution is 2.27. The molecule has 0 aliphatic carbocycles. The van der Waals surface area contributed by atoms with E-state index >= 15 is 0 Å². The molecule has 1 N–H and O–H groups in total. The van der Waals surface area contributed by atoms with E-state index in [1.165, 1.54) is 6.20 Å². The molecule has 2 rings (SSSR count). The first-order chi connectivity index (χ1) is 9.44. The van der Waals surface area contributed by atoms with E-state index in [0.29, 0.717) is 23.9 Å². The van der Waals surface area contributed by atoms with Gasteiger partial charge in [0.25, 0.3) is 0 Å². The monoisotopic (exact) mass is 285 g/mol. The number of nitrogens with zero attached hydrogens (tertiary/aromatic N) is 4. The van der Waals surface area contributed by atoms with Gasteiger partial charge in [-0.05, 0) is 12.5 Å². The average molecular weight is 285 g/mol. The lowest BCUT2D eigenvalue weighted by atomic mass is 10.3. The molecule has 0 amide bonds. The molecule has 2 heterocycles. The maximum atomic E-state index is 12.5. The molecule has 0 atom stereocenters. The molecule has 2 aromatic rings. The molecule has 0 aromatic carbocycles. The topological polar surface area (TPSA) is 55.6 Å². The predicted molar refractivity (Wildman–Crippen MR) is 67.7 cm³/mol. The molecular formula is C12H14F3N5. The third-order valence-electron chi connectivity index (χ3n) is 2.60. The summed E-state index contributed by atoms with van der Waals surface area (Å²) >= 11 is 0. The van der Waals surface area contributed by atoms with Gasteiger partial charge in [0.2, 0.25) is 0 Å². The number of anilines is 1. The van der Waals surface area contributed by atoms with Crippen LogP contribution >= 0.6 is 0 Å². The summed E-state index contributed by atoms with van der Waals surface area (Å²) in [5, 5.41) is 6.36. The minimum atomic E-state index is -4.46. The van der Waals surface area contributed by atoms with E-state index in [1.54, 1.807) is 13.1 Å². The maximum absolute atomic E-state index is 12.5. The fourth-order valence-electron chi connectivity index (χ4n) is 1.67. The van der Waals surface area contributed by atoms with Gasteiger partial charge < -0.3 is 5.32 Å². The minimum absolute atomic E-state index is 0.309. The van der Waals surface area contributed by atoms with E-state index < -0.39 is 11.9 Å². The van der Waals surface area contributed by atoms with E-state index in [4.69, 9.17) is 0 Å². The number of aryl methyl sites for hydroxylation is 1. The van der Waals surface area contributed by atoms with Crippen LogP contribution in [0.3, 0.4) is 0 Å². The van der Waals surface area contributed by atoms with Gasteiger partial charge in [-0.15, -0.1) is 0 Å². The van der Waals surface area contributed by atoms with Crippen molar-refractivity contribution in [3.8, 4) is 5.82 Å². The Bertz CT molecular complexity index is 591. The van der Waals surface area contributed by atoms with Crippen LogP contribution in [0.1, 0.15) is 24.9 Å². The highest BCUT2D eigenvalue weighted by atomic mass is 19.4. The first-order valence-corrected chi connectivity index (χ1v) is 6.13. The molecule has 0 aliphatic rings. The van der Waals surface area contributed by atoms with Crippen molar-refractivity contribution in [2.24, 2.45) is 0 Å². The van der Waals surface area contributed by atoms with Crippen molar-refractivity contribution in [1.82, 2.24) is 19.7 Å². The molecule has 0 radical (unpaired) electrons. The smallest absolute Gasteiger partial charge is 0.373 e. The van der Waals surface area contributed by atoms with Crippen LogP contribution in [0.15, 0.2) is 18.3 Å². The summed E-state index contributed by atoms with van der Waals surface area (Å²) < 4.78 is 38.7. The molecule has 0 unspecified atom stereocenters. The normalized spacial score (nSPS) is 11.7. The average Bonchev–Trinajstić information content (AvgIpc) is 2.88. The van der Waals surface area contributed by atoms with Crippen LogP contribution in [0.4, 0.5) is 19.0 Å². The first-order valence-electron chi connectivity index (χ1n) is 6.13. The number of alkyl halides is 3. The molecule has 0 aliphatic heterocycles. The van der Waals surface area contributed by atoms with Crippen LogP contribution in [0.2, 0.25) is 0 Å². The number of aromatic nitrogens is 4. The van der Waals surface area contributed by atoms with Crippen LogP contribution in [0.25, 0.3) is 5.82 Å². The second-order valence-corrected chi connectivity index (χ2v) is 4.17. The fourth-order valence-corrected chi connectivity index (χ4v) is 1.67. The van der Waals surface area contributed by atoms with Crippen molar-refractivity contribution >= 4 is 5.82 Å². The second-order valence-electron chi connectivity index (χ2n) is 4.17. The predicted octanol–water partition coefficient (Wildman–Crippen LogP) is 2.68. The third kappa shape index (κ3) is 3.06. The van der Waals surface area contributed by atoms with E-state index in [0.717, 1.165) is 17.2 Å². The molecule has 20 heavy (non-hydrogen) atoms. The second kappa shape index (κ2) is 5.48. The van der Waals surface area contributed by atoms with E-state index in [-0.39, 0.29) is 0 Å². The Morgan fingerprint density at radius 3 is 2.60 bits per heavy atom. The Morgan fingerprint density at radius 2 is 2.05 bits per heavy atom. The van der Waals surface area contributed by atoms with Gasteiger partial charge in [0.05, 0.1) is 0 Å². The van der Waals surface area contributed by atoms with Crippen LogP contribution in [0, 0.1) is 0 Å². The zero-order chi connectivity index (χ0) is 14.8. The molecule has 0 saturated carbocycles. The molecule has 2 aromatic heterocycles. The third-order valence-corrected chi connectivity index (χ3v) is 2.60. The molecule has 8 heteroatoms. The summed E-state index contributed by atoms with van der Waals surface area (Å²) in [5.74, 6) is 1.42. The van der Waals surface area contributed by atoms with Crippen molar-refractivity contribution in [1.29, 1.82) is 0 Å². The van der Waals surface area contributed by atoms with Crippen molar-refractivity contribution < 1.29 is 13.2 Å². The van der Waals surface area contributed by atoms with Crippen molar-refractivity contribution in [3.05, 3.63) is 29.8 Å². The lowest BCUT2D eigenvalue weighted by Gasteiger charge is -2.07. The van der Waals surface area contributed by atoms with E-state index in [1.807, 2.05) is 6.92 Å². The number of rotatable bonds is 4. The van der Waals surface area contributed by atoms with Crippen LogP contribution in [0.5, 0.6) is 0 Å². The Labute approximate surface area is 113 Å². The van der Waals surface area contributed by atoms with E-state index in [9.17, 15) is 13.2 Å². The van der Waals surface area contributed by atoms with Gasteiger partial charge in [-0.25, -0.2) is 14.6 Å². The van der Waals surface area contributed by atoms with Crippen LogP contribution in [-0.2, 0) is 12.6 Å². The lowest BCUT2D eigenvalue weighted by molar-refractivity contribution is -0.141. The SMILES string of the molecule is CCCc1nc(NC)cc(-n2ccc(C(F)(F)F)n2)n1. The Kier molecular flexibility index (Phi) is 3.91. The molecule has 5 nitrogen and oxygen atoms in total. The molecule has 0 saturated heterocycles. The first kappa shape index (κ1) is 14.3. The van der Waals surface area contributed by atoms with Crippen LogP contribution < -0.4 is 5.32 Å². The van der Waals surface area contributed by atoms with Crippen molar-refractivity contribution in [2.45, 2.75) is 25.9 Å². The number of halogens is 3. The summed E-state index contributed by atoms with van der Waals surface area (Å²) in [6, 6.07) is 2.47. The summed E-state index contributed by atoms with van der Waals surface area (Å²) in [6.45, 7) is 1.98. The Morgan fingerprint density at radius 1 is 1.30 bits per heavy atom. The molecular weight excluding hydrogens is 271 g/mol. The van der Waals surface area contributed by atoms with Gasteiger partial charge in [-0.2, -0.15) is 18.3 Å². The van der Waals surface area contributed by atoms with Crippen molar-refractivity contribution in [2.75, 3.05) is 12.4 Å². The quantitative estimate of drug-likeness (QED) is 0.938. The summed E-state index contributed by atoms with van der Waals surface area (Å²) in [4.78, 5) is 8.46. The Hall–Kier alpha value is -2.12. The summed E-state index contributed by atoms with van der Waals surface area (Å²) in [5.41, 5.74) is -0.945. The Balaban J connectivity index is 2.41. The minimum Gasteiger partial charge on any atom is -0.373 e. The lowest BCUT2D eigenvalue weighted by Crippen LogP contribution is -2.09.